The van der Waals surface area contributed by atoms with Crippen LogP contribution in [0.15, 0.2) is 67.5 Å². The first-order chi connectivity index (χ1) is 16.5. The predicted octanol–water partition coefficient (Wildman–Crippen LogP) is 2.74. The van der Waals surface area contributed by atoms with Crippen molar-refractivity contribution in [3.05, 3.63) is 89.5 Å². The number of rotatable bonds is 4. The number of imidazole rings is 2. The number of hydrogen-bond acceptors (Lipinski definition) is 7. The Morgan fingerprint density at radius 3 is 2.32 bits per heavy atom. The molecule has 6 rings (SSSR count). The van der Waals surface area contributed by atoms with E-state index in [0.29, 0.717) is 33.4 Å². The minimum atomic E-state index is -1.54. The third-order valence-corrected chi connectivity index (χ3v) is 6.27. The number of halogens is 1. The van der Waals surface area contributed by atoms with Crippen LogP contribution in [0, 0.1) is 0 Å². The molecule has 0 aliphatic heterocycles. The van der Waals surface area contributed by atoms with E-state index < -0.39 is 5.60 Å². The lowest BCUT2D eigenvalue weighted by Crippen LogP contribution is -2.33. The zero-order valence-electron chi connectivity index (χ0n) is 18.2. The Labute approximate surface area is 198 Å². The average molecular weight is 472 g/mol. The van der Waals surface area contributed by atoms with Crippen molar-refractivity contribution in [1.29, 1.82) is 0 Å². The molecule has 4 heterocycles. The van der Waals surface area contributed by atoms with E-state index in [1.54, 1.807) is 44.8 Å². The molecule has 0 saturated heterocycles. The Hall–Kier alpha value is -4.15. The Kier molecular flexibility index (Phi) is 4.48. The average Bonchev–Trinajstić information content (AvgIpc) is 3.59. The van der Waals surface area contributed by atoms with Crippen molar-refractivity contribution in [1.82, 2.24) is 44.1 Å². The number of fused-ring (bicyclic) bond motifs is 3. The molecule has 168 valence electrons. The summed E-state index contributed by atoms with van der Waals surface area (Å²) in [6, 6.07) is 13.1. The molecule has 0 aliphatic carbocycles. The molecule has 0 fully saturated rings. The van der Waals surface area contributed by atoms with E-state index in [4.69, 9.17) is 16.6 Å². The lowest BCUT2D eigenvalue weighted by atomic mass is 9.86. The highest BCUT2D eigenvalue weighted by Gasteiger charge is 2.39. The molecule has 0 spiro atoms. The van der Waals surface area contributed by atoms with Crippen LogP contribution in [0.4, 0.5) is 0 Å². The molecule has 0 atom stereocenters. The van der Waals surface area contributed by atoms with Gasteiger partial charge in [0.05, 0.1) is 47.6 Å². The molecule has 34 heavy (non-hydrogen) atoms. The number of aliphatic hydroxyl groups is 1. The molecule has 0 bridgehead atoms. The smallest absolute Gasteiger partial charge is 0.274 e. The van der Waals surface area contributed by atoms with Crippen molar-refractivity contribution < 1.29 is 5.11 Å². The minimum absolute atomic E-state index is 0.365. The Morgan fingerprint density at radius 2 is 1.68 bits per heavy atom. The molecule has 1 N–H and O–H groups in total. The largest absolute Gasteiger partial charge is 0.373 e. The highest BCUT2D eigenvalue weighted by atomic mass is 35.5. The van der Waals surface area contributed by atoms with Crippen LogP contribution < -0.4 is 0 Å². The third kappa shape index (κ3) is 2.93. The third-order valence-electron chi connectivity index (χ3n) is 6.04. The summed E-state index contributed by atoms with van der Waals surface area (Å²) < 4.78 is 5.15. The van der Waals surface area contributed by atoms with Gasteiger partial charge in [0.15, 0.2) is 5.60 Å². The number of aromatic nitrogens is 9. The summed E-state index contributed by atoms with van der Waals surface area (Å²) >= 11 is 6.28. The maximum atomic E-state index is 12.3. The monoisotopic (exact) mass is 471 g/mol. The summed E-state index contributed by atoms with van der Waals surface area (Å²) in [5.41, 5.74) is 2.47. The van der Waals surface area contributed by atoms with Crippen molar-refractivity contribution >= 4 is 28.3 Å². The maximum absolute atomic E-state index is 12.3. The SMILES string of the molecule is Cn1cncc1C(O)(c1ccc2c(c1)c(-c1cccc(Cl)c1)nc1nnnn12)c1cncn1C. The van der Waals surface area contributed by atoms with Gasteiger partial charge in [0.25, 0.3) is 5.78 Å². The van der Waals surface area contributed by atoms with Gasteiger partial charge in [-0.25, -0.2) is 15.0 Å². The van der Waals surface area contributed by atoms with Gasteiger partial charge in [-0.15, -0.1) is 0 Å². The number of aryl methyl sites for hydroxylation is 2. The molecule has 0 radical (unpaired) electrons. The van der Waals surface area contributed by atoms with E-state index in [0.717, 1.165) is 16.5 Å². The van der Waals surface area contributed by atoms with Gasteiger partial charge in [0, 0.05) is 30.1 Å². The maximum Gasteiger partial charge on any atom is 0.274 e. The van der Waals surface area contributed by atoms with Crippen LogP contribution in [-0.2, 0) is 19.7 Å². The second-order valence-corrected chi connectivity index (χ2v) is 8.52. The van der Waals surface area contributed by atoms with Gasteiger partial charge in [-0.3, -0.25) is 0 Å². The summed E-state index contributed by atoms with van der Waals surface area (Å²) in [4.78, 5) is 13.2. The lowest BCUT2D eigenvalue weighted by molar-refractivity contribution is 0.109. The molecule has 10 nitrogen and oxygen atoms in total. The first kappa shape index (κ1) is 20.5. The Morgan fingerprint density at radius 1 is 0.941 bits per heavy atom. The number of hydrogen-bond donors (Lipinski definition) is 1. The van der Waals surface area contributed by atoms with Crippen LogP contribution in [0.5, 0.6) is 0 Å². The van der Waals surface area contributed by atoms with Crippen LogP contribution in [-0.4, -0.2) is 49.2 Å². The minimum Gasteiger partial charge on any atom is -0.373 e. The molecular weight excluding hydrogens is 454 g/mol. The van der Waals surface area contributed by atoms with Gasteiger partial charge < -0.3 is 14.2 Å². The summed E-state index contributed by atoms with van der Waals surface area (Å²) in [7, 11) is 3.68. The standard InChI is InChI=1S/C23H18ClN9O/c1-31-12-25-10-19(31)23(34,20-11-26-13-32(20)2)15-6-7-18-17(9-15)21(14-4-3-5-16(24)8-14)27-22-28-29-30-33(18)22/h3-13,34H,1-2H3. The molecular formula is C23H18ClN9O. The van der Waals surface area contributed by atoms with E-state index in [2.05, 4.69) is 25.5 Å². The van der Waals surface area contributed by atoms with Gasteiger partial charge in [-0.1, -0.05) is 34.9 Å². The molecule has 0 aliphatic rings. The molecule has 0 saturated carbocycles. The van der Waals surface area contributed by atoms with Crippen LogP contribution in [0.2, 0.25) is 5.02 Å². The van der Waals surface area contributed by atoms with E-state index >= 15 is 0 Å². The van der Waals surface area contributed by atoms with Gasteiger partial charge in [0.2, 0.25) is 0 Å². The molecule has 2 aromatic carbocycles. The predicted molar refractivity (Wildman–Crippen MR) is 125 cm³/mol. The number of nitrogens with zero attached hydrogens (tertiary/aromatic N) is 9. The summed E-state index contributed by atoms with van der Waals surface area (Å²) in [5.74, 6) is 0.365. The molecule has 11 heteroatoms. The summed E-state index contributed by atoms with van der Waals surface area (Å²) in [6.07, 6.45) is 6.61. The van der Waals surface area contributed by atoms with E-state index in [-0.39, 0.29) is 0 Å². The lowest BCUT2D eigenvalue weighted by Gasteiger charge is -2.29. The zero-order valence-corrected chi connectivity index (χ0v) is 19.0. The fourth-order valence-electron chi connectivity index (χ4n) is 4.40. The normalized spacial score (nSPS) is 12.1. The second kappa shape index (κ2) is 7.44. The summed E-state index contributed by atoms with van der Waals surface area (Å²) in [6.45, 7) is 0. The zero-order chi connectivity index (χ0) is 23.4. The quantitative estimate of drug-likeness (QED) is 0.420. The Balaban J connectivity index is 1.70. The van der Waals surface area contributed by atoms with Crippen molar-refractivity contribution in [3.63, 3.8) is 0 Å². The first-order valence-electron chi connectivity index (χ1n) is 10.4. The number of benzene rings is 2. The van der Waals surface area contributed by atoms with E-state index in [9.17, 15) is 5.11 Å². The highest BCUT2D eigenvalue weighted by molar-refractivity contribution is 6.30. The van der Waals surface area contributed by atoms with Gasteiger partial charge in [0.1, 0.15) is 0 Å². The van der Waals surface area contributed by atoms with Crippen molar-refractivity contribution in [2.24, 2.45) is 14.1 Å². The van der Waals surface area contributed by atoms with Crippen LogP contribution in [0.3, 0.4) is 0 Å². The number of tetrazole rings is 1. The molecule has 0 amide bonds. The molecule has 0 unspecified atom stereocenters. The van der Waals surface area contributed by atoms with E-state index in [1.807, 2.05) is 50.5 Å². The van der Waals surface area contributed by atoms with Gasteiger partial charge in [-0.05, 0) is 40.3 Å². The van der Waals surface area contributed by atoms with Crippen LogP contribution >= 0.6 is 11.6 Å². The first-order valence-corrected chi connectivity index (χ1v) is 10.8. The van der Waals surface area contributed by atoms with Gasteiger partial charge >= 0.3 is 0 Å². The summed E-state index contributed by atoms with van der Waals surface area (Å²) in [5, 5.41) is 25.5. The van der Waals surface area contributed by atoms with Crippen molar-refractivity contribution in [2.75, 3.05) is 0 Å². The van der Waals surface area contributed by atoms with Crippen molar-refractivity contribution in [2.45, 2.75) is 5.60 Å². The van der Waals surface area contributed by atoms with Crippen LogP contribution in [0.1, 0.15) is 17.0 Å². The topological polar surface area (TPSA) is 112 Å². The second-order valence-electron chi connectivity index (χ2n) is 8.08. The molecule has 6 aromatic rings. The van der Waals surface area contributed by atoms with E-state index in [1.165, 1.54) is 0 Å². The fraction of sp³-hybridized carbons (Fsp3) is 0.130. The van der Waals surface area contributed by atoms with Crippen molar-refractivity contribution in [3.8, 4) is 11.3 Å². The van der Waals surface area contributed by atoms with Gasteiger partial charge in [-0.2, -0.15) is 4.52 Å². The fourth-order valence-corrected chi connectivity index (χ4v) is 4.59. The van der Waals surface area contributed by atoms with Crippen LogP contribution in [0.25, 0.3) is 27.9 Å². The molecule has 4 aromatic heterocycles. The highest BCUT2D eigenvalue weighted by Crippen LogP contribution is 2.39. The Bertz CT molecular complexity index is 1640.